The average Bonchev–Trinajstić information content (AvgIpc) is 2.81. The Labute approximate surface area is 142 Å². The van der Waals surface area contributed by atoms with E-state index in [4.69, 9.17) is 10.3 Å². The van der Waals surface area contributed by atoms with Crippen molar-refractivity contribution in [2.75, 3.05) is 20.2 Å². The molecule has 0 radical (unpaired) electrons. The highest BCUT2D eigenvalue weighted by atomic mass is 19.1. The second kappa shape index (κ2) is 7.93. The minimum Gasteiger partial charge on any atom is -0.434 e. The fraction of sp³-hybridized carbons (Fsp3) is 0.267. The first kappa shape index (κ1) is 18.0. The predicted molar refractivity (Wildman–Crippen MR) is 86.2 cm³/mol. The summed E-state index contributed by atoms with van der Waals surface area (Å²) in [5, 5.41) is 3.17. The van der Waals surface area contributed by atoms with E-state index in [0.717, 1.165) is 6.07 Å². The van der Waals surface area contributed by atoms with Crippen molar-refractivity contribution in [3.8, 4) is 5.75 Å². The molecule has 25 heavy (non-hydrogen) atoms. The zero-order valence-corrected chi connectivity index (χ0v) is 13.5. The molecule has 0 aliphatic carbocycles. The number of rotatable bonds is 5. The van der Waals surface area contributed by atoms with Gasteiger partial charge in [0, 0.05) is 12.0 Å². The fourth-order valence-electron chi connectivity index (χ4n) is 1.89. The molecule has 1 aromatic carbocycles. The second-order valence-electron chi connectivity index (χ2n) is 4.90. The highest BCUT2D eigenvalue weighted by Crippen LogP contribution is 2.22. The minimum atomic E-state index is -1.12. The minimum absolute atomic E-state index is 0.0526. The van der Waals surface area contributed by atoms with Crippen molar-refractivity contribution in [3.63, 3.8) is 0 Å². The van der Waals surface area contributed by atoms with E-state index in [-0.39, 0.29) is 30.5 Å². The van der Waals surface area contributed by atoms with E-state index >= 15 is 0 Å². The third-order valence-electron chi connectivity index (χ3n) is 3.22. The van der Waals surface area contributed by atoms with Gasteiger partial charge in [-0.3, -0.25) is 9.69 Å². The van der Waals surface area contributed by atoms with Crippen LogP contribution in [0.4, 0.5) is 9.18 Å². The molecule has 0 fully saturated rings. The van der Waals surface area contributed by atoms with Crippen LogP contribution in [-0.4, -0.2) is 43.0 Å². The number of amides is 1. The summed E-state index contributed by atoms with van der Waals surface area (Å²) in [7, 11) is 1.59. The third-order valence-corrected chi connectivity index (χ3v) is 3.22. The van der Waals surface area contributed by atoms with E-state index in [1.165, 1.54) is 23.1 Å². The molecule has 10 heteroatoms. The molecule has 2 rings (SSSR count). The van der Waals surface area contributed by atoms with Crippen LogP contribution in [0, 0.1) is 5.82 Å². The molecule has 0 bridgehead atoms. The zero-order chi connectivity index (χ0) is 18.4. The molecule has 1 aromatic rings. The van der Waals surface area contributed by atoms with Crippen LogP contribution >= 0.6 is 0 Å². The maximum atomic E-state index is 14.0. The maximum absolute atomic E-state index is 14.0. The Morgan fingerprint density at radius 2 is 2.28 bits per heavy atom. The van der Waals surface area contributed by atoms with Crippen LogP contribution < -0.4 is 4.74 Å². The standard InChI is InChI=1S/C15H14FN5O4/c1-9-19-12(14(22)21(9)2)8-10-3-4-13(11(16)7-10)25-15(23)24-6-5-18-20-17/h3-4,7-8H,5-6H2,1-2H3/b12-8-. The third kappa shape index (κ3) is 4.55. The van der Waals surface area contributed by atoms with Gasteiger partial charge in [0.15, 0.2) is 11.6 Å². The Kier molecular flexibility index (Phi) is 5.70. The molecule has 1 amide bonds. The molecule has 0 aromatic heterocycles. The number of ether oxygens (including phenoxy) is 2. The lowest BCUT2D eigenvalue weighted by atomic mass is 10.1. The highest BCUT2D eigenvalue weighted by Gasteiger charge is 2.23. The summed E-state index contributed by atoms with van der Waals surface area (Å²) in [5.74, 6) is -0.881. The van der Waals surface area contributed by atoms with Crippen molar-refractivity contribution in [1.29, 1.82) is 0 Å². The zero-order valence-electron chi connectivity index (χ0n) is 13.5. The van der Waals surface area contributed by atoms with Crippen molar-refractivity contribution in [1.82, 2.24) is 4.90 Å². The van der Waals surface area contributed by atoms with E-state index in [9.17, 15) is 14.0 Å². The Balaban J connectivity index is 2.05. The fourth-order valence-corrected chi connectivity index (χ4v) is 1.89. The molecular weight excluding hydrogens is 333 g/mol. The van der Waals surface area contributed by atoms with Gasteiger partial charge in [-0.15, -0.1) is 0 Å². The molecule has 0 unspecified atom stereocenters. The Bertz CT molecular complexity index is 814. The summed E-state index contributed by atoms with van der Waals surface area (Å²) in [6.45, 7) is 1.45. The number of amidine groups is 1. The van der Waals surface area contributed by atoms with Gasteiger partial charge in [0.25, 0.3) is 5.91 Å². The molecule has 1 heterocycles. The number of hydrogen-bond acceptors (Lipinski definition) is 6. The second-order valence-corrected chi connectivity index (χ2v) is 4.90. The number of benzene rings is 1. The molecular formula is C15H14FN5O4. The van der Waals surface area contributed by atoms with Crippen molar-refractivity contribution in [2.24, 2.45) is 10.1 Å². The predicted octanol–water partition coefficient (Wildman–Crippen LogP) is 2.88. The number of halogens is 1. The van der Waals surface area contributed by atoms with E-state index in [1.807, 2.05) is 0 Å². The van der Waals surface area contributed by atoms with Gasteiger partial charge in [-0.25, -0.2) is 14.2 Å². The summed E-state index contributed by atoms with van der Waals surface area (Å²) in [5.41, 5.74) is 8.65. The number of aliphatic imine (C=N–C) groups is 1. The lowest BCUT2D eigenvalue weighted by Gasteiger charge is -2.07. The molecule has 9 nitrogen and oxygen atoms in total. The number of hydrogen-bond donors (Lipinski definition) is 0. The summed E-state index contributed by atoms with van der Waals surface area (Å²) in [6.07, 6.45) is 0.311. The van der Waals surface area contributed by atoms with E-state index in [2.05, 4.69) is 19.8 Å². The van der Waals surface area contributed by atoms with Gasteiger partial charge in [0.2, 0.25) is 0 Å². The van der Waals surface area contributed by atoms with Gasteiger partial charge in [-0.05, 0) is 36.2 Å². The molecule has 1 aliphatic rings. The number of likely N-dealkylation sites (N-methyl/N-ethyl adjacent to an activating group) is 1. The first-order chi connectivity index (χ1) is 11.9. The quantitative estimate of drug-likeness (QED) is 0.155. The number of carbonyl (C=O) groups excluding carboxylic acids is 2. The van der Waals surface area contributed by atoms with Crippen molar-refractivity contribution in [2.45, 2.75) is 6.92 Å². The summed E-state index contributed by atoms with van der Waals surface area (Å²) < 4.78 is 23.3. The maximum Gasteiger partial charge on any atom is 0.513 e. The first-order valence-electron chi connectivity index (χ1n) is 7.12. The van der Waals surface area contributed by atoms with Crippen molar-refractivity contribution < 1.29 is 23.5 Å². The van der Waals surface area contributed by atoms with Crippen LogP contribution in [0.2, 0.25) is 0 Å². The first-order valence-corrected chi connectivity index (χ1v) is 7.12. The van der Waals surface area contributed by atoms with Gasteiger partial charge >= 0.3 is 6.16 Å². The van der Waals surface area contributed by atoms with Gasteiger partial charge < -0.3 is 9.47 Å². The smallest absolute Gasteiger partial charge is 0.434 e. The van der Waals surface area contributed by atoms with Crippen LogP contribution in [0.25, 0.3) is 16.5 Å². The monoisotopic (exact) mass is 347 g/mol. The van der Waals surface area contributed by atoms with Crippen LogP contribution in [-0.2, 0) is 9.53 Å². The molecule has 0 saturated carbocycles. The van der Waals surface area contributed by atoms with Gasteiger partial charge in [0.1, 0.15) is 18.1 Å². The van der Waals surface area contributed by atoms with E-state index in [0.29, 0.717) is 11.4 Å². The van der Waals surface area contributed by atoms with Crippen molar-refractivity contribution >= 4 is 24.0 Å². The molecule has 1 aliphatic heterocycles. The Morgan fingerprint density at radius 3 is 2.88 bits per heavy atom. The average molecular weight is 347 g/mol. The van der Waals surface area contributed by atoms with Gasteiger partial charge in [-0.1, -0.05) is 11.2 Å². The summed E-state index contributed by atoms with van der Waals surface area (Å²) >= 11 is 0. The molecule has 130 valence electrons. The van der Waals surface area contributed by atoms with E-state index < -0.39 is 12.0 Å². The van der Waals surface area contributed by atoms with E-state index in [1.54, 1.807) is 14.0 Å². The Morgan fingerprint density at radius 1 is 1.52 bits per heavy atom. The molecule has 0 spiro atoms. The summed E-state index contributed by atoms with van der Waals surface area (Å²) in [4.78, 5) is 31.2. The van der Waals surface area contributed by atoms with Crippen LogP contribution in [0.5, 0.6) is 5.75 Å². The van der Waals surface area contributed by atoms with Crippen LogP contribution in [0.3, 0.4) is 0 Å². The lowest BCUT2D eigenvalue weighted by molar-refractivity contribution is -0.121. The van der Waals surface area contributed by atoms with Crippen LogP contribution in [0.15, 0.2) is 34.0 Å². The SMILES string of the molecule is CC1=N/C(=C\c2ccc(OC(=O)OCCN=[N+]=[N-])c(F)c2)C(=O)N1C. The van der Waals surface area contributed by atoms with Crippen LogP contribution in [0.1, 0.15) is 12.5 Å². The Hall–Kier alpha value is -3.39. The number of carbonyl (C=O) groups is 2. The summed E-state index contributed by atoms with van der Waals surface area (Å²) in [6, 6.07) is 3.80. The largest absolute Gasteiger partial charge is 0.513 e. The molecule has 0 saturated heterocycles. The molecule has 0 atom stereocenters. The molecule has 0 N–H and O–H groups in total. The van der Waals surface area contributed by atoms with Gasteiger partial charge in [-0.2, -0.15) is 0 Å². The van der Waals surface area contributed by atoms with Gasteiger partial charge in [0.05, 0.1) is 6.54 Å². The normalized spacial score (nSPS) is 15.0. The number of azide groups is 1. The lowest BCUT2D eigenvalue weighted by Crippen LogP contribution is -2.25. The highest BCUT2D eigenvalue weighted by molar-refractivity contribution is 6.13. The number of nitrogens with zero attached hydrogens (tertiary/aromatic N) is 5. The van der Waals surface area contributed by atoms with Crippen molar-refractivity contribution in [3.05, 3.63) is 45.7 Å². The topological polar surface area (TPSA) is 117 Å².